The number of rotatable bonds is 2. The SMILES string of the molecule is c1cc(-c2cc3n(n2)C(C2CCOC2)CCN3)ccn1. The Balaban J connectivity index is 1.70. The van der Waals surface area contributed by atoms with Gasteiger partial charge in [0.05, 0.1) is 18.3 Å². The van der Waals surface area contributed by atoms with Crippen LogP contribution in [0.2, 0.25) is 0 Å². The number of aromatic nitrogens is 3. The van der Waals surface area contributed by atoms with Crippen LogP contribution in [-0.4, -0.2) is 34.5 Å². The molecule has 5 heteroatoms. The van der Waals surface area contributed by atoms with Gasteiger partial charge in [0.1, 0.15) is 5.82 Å². The Hall–Kier alpha value is -1.88. The second kappa shape index (κ2) is 4.90. The van der Waals surface area contributed by atoms with Crippen molar-refractivity contribution in [3.8, 4) is 11.3 Å². The van der Waals surface area contributed by atoms with E-state index in [0.717, 1.165) is 49.7 Å². The van der Waals surface area contributed by atoms with Crippen LogP contribution >= 0.6 is 0 Å². The lowest BCUT2D eigenvalue weighted by Crippen LogP contribution is -2.29. The summed E-state index contributed by atoms with van der Waals surface area (Å²) in [5.41, 5.74) is 2.13. The predicted molar refractivity (Wildman–Crippen MR) is 76.5 cm³/mol. The van der Waals surface area contributed by atoms with Crippen LogP contribution in [0, 0.1) is 5.92 Å². The van der Waals surface area contributed by atoms with Gasteiger partial charge in [-0.25, -0.2) is 4.68 Å². The summed E-state index contributed by atoms with van der Waals surface area (Å²) >= 11 is 0. The van der Waals surface area contributed by atoms with E-state index in [0.29, 0.717) is 12.0 Å². The zero-order valence-electron chi connectivity index (χ0n) is 11.3. The molecule has 1 fully saturated rings. The Kier molecular flexibility index (Phi) is 2.92. The zero-order chi connectivity index (χ0) is 13.4. The van der Waals surface area contributed by atoms with Crippen molar-refractivity contribution in [2.45, 2.75) is 18.9 Å². The van der Waals surface area contributed by atoms with E-state index >= 15 is 0 Å². The quantitative estimate of drug-likeness (QED) is 0.910. The molecule has 5 nitrogen and oxygen atoms in total. The molecule has 0 amide bonds. The normalized spacial score (nSPS) is 25.2. The molecule has 2 aromatic rings. The van der Waals surface area contributed by atoms with Gasteiger partial charge in [0.15, 0.2) is 0 Å². The van der Waals surface area contributed by atoms with E-state index in [4.69, 9.17) is 9.84 Å². The fourth-order valence-corrected chi connectivity index (χ4v) is 3.21. The van der Waals surface area contributed by atoms with Crippen LogP contribution in [0.25, 0.3) is 11.3 Å². The van der Waals surface area contributed by atoms with Crippen LogP contribution in [-0.2, 0) is 4.74 Å². The van der Waals surface area contributed by atoms with E-state index in [-0.39, 0.29) is 0 Å². The highest BCUT2D eigenvalue weighted by molar-refractivity contribution is 5.62. The minimum Gasteiger partial charge on any atom is -0.381 e. The van der Waals surface area contributed by atoms with Crippen LogP contribution < -0.4 is 5.32 Å². The number of hydrogen-bond acceptors (Lipinski definition) is 4. The van der Waals surface area contributed by atoms with Crippen LogP contribution in [0.3, 0.4) is 0 Å². The fourth-order valence-electron chi connectivity index (χ4n) is 3.21. The summed E-state index contributed by atoms with van der Waals surface area (Å²) in [7, 11) is 0. The molecule has 0 aromatic carbocycles. The fraction of sp³-hybridized carbons (Fsp3) is 0.467. The van der Waals surface area contributed by atoms with Crippen molar-refractivity contribution < 1.29 is 4.74 Å². The third-order valence-electron chi connectivity index (χ3n) is 4.28. The Morgan fingerprint density at radius 2 is 2.15 bits per heavy atom. The monoisotopic (exact) mass is 270 g/mol. The standard InChI is InChI=1S/C15H18N4O/c1-5-16-6-2-11(1)13-9-15-17-7-3-14(19(15)18-13)12-4-8-20-10-12/h1-2,5-6,9,12,14,17H,3-4,7-8,10H2. The van der Waals surface area contributed by atoms with Gasteiger partial charge in [-0.15, -0.1) is 0 Å². The summed E-state index contributed by atoms with van der Waals surface area (Å²) in [5, 5.41) is 8.27. The Labute approximate surface area is 118 Å². The molecule has 104 valence electrons. The molecule has 4 rings (SSSR count). The molecule has 1 saturated heterocycles. The van der Waals surface area contributed by atoms with Crippen LogP contribution in [0.5, 0.6) is 0 Å². The van der Waals surface area contributed by atoms with Gasteiger partial charge < -0.3 is 10.1 Å². The first-order valence-corrected chi connectivity index (χ1v) is 7.23. The molecule has 20 heavy (non-hydrogen) atoms. The van der Waals surface area contributed by atoms with Crippen molar-refractivity contribution in [2.75, 3.05) is 25.1 Å². The van der Waals surface area contributed by atoms with Crippen molar-refractivity contribution in [3.05, 3.63) is 30.6 Å². The molecule has 2 aliphatic rings. The second-order valence-corrected chi connectivity index (χ2v) is 5.50. The van der Waals surface area contributed by atoms with E-state index in [1.165, 1.54) is 0 Å². The molecule has 0 spiro atoms. The molecule has 2 atom stereocenters. The summed E-state index contributed by atoms with van der Waals surface area (Å²) < 4.78 is 7.71. The highest BCUT2D eigenvalue weighted by Crippen LogP contribution is 2.35. The van der Waals surface area contributed by atoms with Gasteiger partial charge in [-0.1, -0.05) is 0 Å². The minimum atomic E-state index is 0.462. The topological polar surface area (TPSA) is 52.0 Å². The van der Waals surface area contributed by atoms with Crippen LogP contribution in [0.4, 0.5) is 5.82 Å². The molecule has 0 radical (unpaired) electrons. The second-order valence-electron chi connectivity index (χ2n) is 5.50. The first-order chi connectivity index (χ1) is 9.92. The molecule has 2 aliphatic heterocycles. The molecule has 2 aromatic heterocycles. The average Bonchev–Trinajstić information content (AvgIpc) is 3.17. The smallest absolute Gasteiger partial charge is 0.125 e. The number of hydrogen-bond donors (Lipinski definition) is 1. The molecule has 0 aliphatic carbocycles. The maximum Gasteiger partial charge on any atom is 0.125 e. The number of nitrogens with one attached hydrogen (secondary N) is 1. The highest BCUT2D eigenvalue weighted by Gasteiger charge is 2.31. The van der Waals surface area contributed by atoms with Gasteiger partial charge in [0, 0.05) is 43.1 Å². The zero-order valence-corrected chi connectivity index (χ0v) is 11.3. The molecular weight excluding hydrogens is 252 g/mol. The third kappa shape index (κ3) is 1.98. The van der Waals surface area contributed by atoms with E-state index < -0.39 is 0 Å². The van der Waals surface area contributed by atoms with Crippen LogP contribution in [0.15, 0.2) is 30.6 Å². The third-order valence-corrected chi connectivity index (χ3v) is 4.28. The Morgan fingerprint density at radius 3 is 2.95 bits per heavy atom. The number of pyridine rings is 1. The van der Waals surface area contributed by atoms with Crippen LogP contribution in [0.1, 0.15) is 18.9 Å². The Morgan fingerprint density at radius 1 is 1.25 bits per heavy atom. The predicted octanol–water partition coefficient (Wildman–Crippen LogP) is 2.34. The lowest BCUT2D eigenvalue weighted by Gasteiger charge is -2.29. The van der Waals surface area contributed by atoms with Crippen molar-refractivity contribution >= 4 is 5.82 Å². The van der Waals surface area contributed by atoms with Gasteiger partial charge in [0.2, 0.25) is 0 Å². The van der Waals surface area contributed by atoms with E-state index in [2.05, 4.69) is 21.0 Å². The molecule has 0 saturated carbocycles. The van der Waals surface area contributed by atoms with E-state index in [1.807, 2.05) is 24.5 Å². The maximum absolute atomic E-state index is 5.55. The first kappa shape index (κ1) is 11.9. The van der Waals surface area contributed by atoms with Gasteiger partial charge in [0.25, 0.3) is 0 Å². The molecule has 2 unspecified atom stereocenters. The van der Waals surface area contributed by atoms with Crippen molar-refractivity contribution in [2.24, 2.45) is 5.92 Å². The molecular formula is C15H18N4O. The summed E-state index contributed by atoms with van der Waals surface area (Å²) in [6.45, 7) is 2.78. The number of ether oxygens (including phenoxy) is 1. The maximum atomic E-state index is 5.55. The molecule has 0 bridgehead atoms. The number of fused-ring (bicyclic) bond motifs is 1. The van der Waals surface area contributed by atoms with Gasteiger partial charge in [-0.2, -0.15) is 5.10 Å². The Bertz CT molecular complexity index is 589. The summed E-state index contributed by atoms with van der Waals surface area (Å²) in [4.78, 5) is 4.06. The lowest BCUT2D eigenvalue weighted by atomic mass is 9.95. The van der Waals surface area contributed by atoms with Crippen molar-refractivity contribution in [1.82, 2.24) is 14.8 Å². The largest absolute Gasteiger partial charge is 0.381 e. The number of anilines is 1. The van der Waals surface area contributed by atoms with Gasteiger partial charge >= 0.3 is 0 Å². The van der Waals surface area contributed by atoms with E-state index in [9.17, 15) is 0 Å². The van der Waals surface area contributed by atoms with E-state index in [1.54, 1.807) is 0 Å². The summed E-state index contributed by atoms with van der Waals surface area (Å²) in [6.07, 6.45) is 5.89. The average molecular weight is 270 g/mol. The first-order valence-electron chi connectivity index (χ1n) is 7.23. The highest BCUT2D eigenvalue weighted by atomic mass is 16.5. The summed E-state index contributed by atoms with van der Waals surface area (Å²) in [5.74, 6) is 1.72. The summed E-state index contributed by atoms with van der Waals surface area (Å²) in [6, 6.07) is 6.60. The molecule has 1 N–H and O–H groups in total. The van der Waals surface area contributed by atoms with Crippen molar-refractivity contribution in [1.29, 1.82) is 0 Å². The van der Waals surface area contributed by atoms with Gasteiger partial charge in [-0.05, 0) is 25.0 Å². The van der Waals surface area contributed by atoms with Gasteiger partial charge in [-0.3, -0.25) is 4.98 Å². The molecule has 4 heterocycles. The minimum absolute atomic E-state index is 0.462. The van der Waals surface area contributed by atoms with Crippen molar-refractivity contribution in [3.63, 3.8) is 0 Å². The number of nitrogens with zero attached hydrogens (tertiary/aromatic N) is 3. The lowest BCUT2D eigenvalue weighted by molar-refractivity contribution is 0.167.